The minimum atomic E-state index is -0.229. The topological polar surface area (TPSA) is 89.6 Å². The van der Waals surface area contributed by atoms with E-state index in [-0.39, 0.29) is 11.7 Å². The lowest BCUT2D eigenvalue weighted by Gasteiger charge is -2.28. The minimum absolute atomic E-state index is 0.128. The van der Waals surface area contributed by atoms with Crippen molar-refractivity contribution in [2.45, 2.75) is 32.7 Å². The molecular formula is C29H29N3O4. The molecule has 184 valence electrons. The van der Waals surface area contributed by atoms with E-state index < -0.39 is 0 Å². The molecule has 4 aromatic rings. The van der Waals surface area contributed by atoms with Gasteiger partial charge in [0.2, 0.25) is 5.88 Å². The van der Waals surface area contributed by atoms with Crippen molar-refractivity contribution in [2.75, 3.05) is 13.2 Å². The van der Waals surface area contributed by atoms with E-state index in [1.165, 1.54) is 0 Å². The van der Waals surface area contributed by atoms with E-state index in [9.17, 15) is 5.11 Å². The first-order valence-electron chi connectivity index (χ1n) is 12.2. The second-order valence-corrected chi connectivity index (χ2v) is 8.57. The number of nitrogens with zero attached hydrogens (tertiary/aromatic N) is 2. The average Bonchev–Trinajstić information content (AvgIpc) is 2.89. The fourth-order valence-electron chi connectivity index (χ4n) is 4.62. The Labute approximate surface area is 210 Å². The standard InChI is InChI=1S/C29H29N3O4/c1-3-34-23-13-10-19(16-25(23)35-4-2)14-15-32-18-31-29-27(28(32)30)26(20-8-6-5-7-9-20)22-12-11-21(33)17-24(22)36-29/h5-13,16-18,26,30,33H,3-4,14-15H2,1-2H3. The number of fused-ring (bicyclic) bond motifs is 2. The number of hydrogen-bond donors (Lipinski definition) is 2. The Morgan fingerprint density at radius 2 is 1.75 bits per heavy atom. The highest BCUT2D eigenvalue weighted by Gasteiger charge is 2.32. The SMILES string of the molecule is CCOc1ccc(CCn2cnc3c(c2=N)C(c2ccccc2)c2ccc(O)cc2O3)cc1OCC. The average molecular weight is 484 g/mol. The molecule has 1 atom stereocenters. The number of phenols is 1. The first-order chi connectivity index (χ1) is 17.6. The lowest BCUT2D eigenvalue weighted by molar-refractivity contribution is 0.287. The largest absolute Gasteiger partial charge is 0.508 e. The zero-order chi connectivity index (χ0) is 25.1. The van der Waals surface area contributed by atoms with Crippen LogP contribution in [0.3, 0.4) is 0 Å². The molecule has 36 heavy (non-hydrogen) atoms. The molecular weight excluding hydrogens is 454 g/mol. The Hall–Kier alpha value is -4.26. The van der Waals surface area contributed by atoms with Gasteiger partial charge in [-0.2, -0.15) is 0 Å². The van der Waals surface area contributed by atoms with E-state index in [0.29, 0.717) is 48.9 Å². The maximum absolute atomic E-state index is 10.0. The third-order valence-corrected chi connectivity index (χ3v) is 6.27. The molecule has 7 heteroatoms. The number of hydrogen-bond acceptors (Lipinski definition) is 6. The van der Waals surface area contributed by atoms with Crippen LogP contribution in [-0.4, -0.2) is 27.9 Å². The maximum atomic E-state index is 10.0. The van der Waals surface area contributed by atoms with Crippen LogP contribution in [0.2, 0.25) is 0 Å². The van der Waals surface area contributed by atoms with Gasteiger partial charge in [-0.15, -0.1) is 0 Å². The van der Waals surface area contributed by atoms with Crippen LogP contribution in [0.25, 0.3) is 0 Å². The number of ether oxygens (including phenoxy) is 3. The monoisotopic (exact) mass is 483 g/mol. The molecule has 0 spiro atoms. The molecule has 1 aliphatic rings. The van der Waals surface area contributed by atoms with Gasteiger partial charge in [-0.05, 0) is 49.6 Å². The summed E-state index contributed by atoms with van der Waals surface area (Å²) >= 11 is 0. The molecule has 0 aliphatic carbocycles. The molecule has 0 amide bonds. The van der Waals surface area contributed by atoms with Gasteiger partial charge in [-0.3, -0.25) is 5.41 Å². The van der Waals surface area contributed by atoms with E-state index in [4.69, 9.17) is 19.6 Å². The summed E-state index contributed by atoms with van der Waals surface area (Å²) in [4.78, 5) is 4.58. The van der Waals surface area contributed by atoms with Crippen molar-refractivity contribution in [2.24, 2.45) is 0 Å². The van der Waals surface area contributed by atoms with Crippen LogP contribution in [0.4, 0.5) is 0 Å². The number of nitrogens with one attached hydrogen (secondary N) is 1. The molecule has 0 saturated heterocycles. The number of phenolic OH excluding ortho intramolecular Hbond substituents is 1. The second-order valence-electron chi connectivity index (χ2n) is 8.57. The van der Waals surface area contributed by atoms with Crippen molar-refractivity contribution < 1.29 is 19.3 Å². The number of aryl methyl sites for hydroxylation is 2. The molecule has 0 fully saturated rings. The Kier molecular flexibility index (Phi) is 6.62. The number of aromatic nitrogens is 2. The fourth-order valence-corrected chi connectivity index (χ4v) is 4.62. The summed E-state index contributed by atoms with van der Waals surface area (Å²) in [6.45, 7) is 5.61. The van der Waals surface area contributed by atoms with Crippen molar-refractivity contribution in [1.29, 1.82) is 5.41 Å². The Bertz CT molecular complexity index is 1430. The molecule has 1 unspecified atom stereocenters. The van der Waals surface area contributed by atoms with Gasteiger partial charge in [0.25, 0.3) is 0 Å². The van der Waals surface area contributed by atoms with Gasteiger partial charge < -0.3 is 23.9 Å². The first kappa shape index (κ1) is 23.5. The summed E-state index contributed by atoms with van der Waals surface area (Å²) in [5.41, 5.74) is 4.08. The summed E-state index contributed by atoms with van der Waals surface area (Å²) in [7, 11) is 0. The van der Waals surface area contributed by atoms with E-state index >= 15 is 0 Å². The molecule has 0 saturated carbocycles. The Morgan fingerprint density at radius 3 is 2.53 bits per heavy atom. The van der Waals surface area contributed by atoms with Crippen LogP contribution < -0.4 is 19.7 Å². The molecule has 3 aromatic carbocycles. The van der Waals surface area contributed by atoms with Crippen molar-refractivity contribution in [1.82, 2.24) is 9.55 Å². The smallest absolute Gasteiger partial charge is 0.228 e. The second kappa shape index (κ2) is 10.2. The third kappa shape index (κ3) is 4.52. The highest BCUT2D eigenvalue weighted by atomic mass is 16.5. The fraction of sp³-hybridized carbons (Fsp3) is 0.241. The predicted octanol–water partition coefficient (Wildman–Crippen LogP) is 5.39. The van der Waals surface area contributed by atoms with E-state index in [2.05, 4.69) is 4.98 Å². The van der Waals surface area contributed by atoms with Crippen LogP contribution in [0.5, 0.6) is 28.9 Å². The lowest BCUT2D eigenvalue weighted by atomic mass is 9.84. The summed E-state index contributed by atoms with van der Waals surface area (Å²) in [5, 5.41) is 19.1. The van der Waals surface area contributed by atoms with Crippen LogP contribution in [0, 0.1) is 5.41 Å². The van der Waals surface area contributed by atoms with Gasteiger partial charge in [-0.25, -0.2) is 4.98 Å². The summed E-state index contributed by atoms with van der Waals surface area (Å²) in [5.74, 6) is 2.31. The molecule has 1 aliphatic heterocycles. The Balaban J connectivity index is 1.49. The minimum Gasteiger partial charge on any atom is -0.508 e. The van der Waals surface area contributed by atoms with Crippen LogP contribution in [-0.2, 0) is 13.0 Å². The highest BCUT2D eigenvalue weighted by Crippen LogP contribution is 2.45. The third-order valence-electron chi connectivity index (χ3n) is 6.27. The van der Waals surface area contributed by atoms with E-state index in [0.717, 1.165) is 28.2 Å². The van der Waals surface area contributed by atoms with Gasteiger partial charge in [0, 0.05) is 24.1 Å². The number of aromatic hydroxyl groups is 1. The molecule has 7 nitrogen and oxygen atoms in total. The first-order valence-corrected chi connectivity index (χ1v) is 12.2. The van der Waals surface area contributed by atoms with E-state index in [1.54, 1.807) is 18.5 Å². The molecule has 0 bridgehead atoms. The van der Waals surface area contributed by atoms with Crippen molar-refractivity contribution in [3.05, 3.63) is 101 Å². The van der Waals surface area contributed by atoms with Crippen molar-refractivity contribution in [3.8, 4) is 28.9 Å². The van der Waals surface area contributed by atoms with Gasteiger partial charge in [-0.1, -0.05) is 42.5 Å². The van der Waals surface area contributed by atoms with Crippen LogP contribution >= 0.6 is 0 Å². The van der Waals surface area contributed by atoms with Gasteiger partial charge in [0.15, 0.2) is 11.5 Å². The van der Waals surface area contributed by atoms with Crippen molar-refractivity contribution >= 4 is 0 Å². The van der Waals surface area contributed by atoms with Crippen molar-refractivity contribution in [3.63, 3.8) is 0 Å². The summed E-state index contributed by atoms with van der Waals surface area (Å²) in [6, 6.07) is 21.1. The molecule has 2 heterocycles. The van der Waals surface area contributed by atoms with Gasteiger partial charge >= 0.3 is 0 Å². The zero-order valence-corrected chi connectivity index (χ0v) is 20.4. The zero-order valence-electron chi connectivity index (χ0n) is 20.4. The summed E-state index contributed by atoms with van der Waals surface area (Å²) in [6.07, 6.45) is 2.35. The van der Waals surface area contributed by atoms with Crippen LogP contribution in [0.15, 0.2) is 73.1 Å². The maximum Gasteiger partial charge on any atom is 0.228 e. The molecule has 5 rings (SSSR count). The molecule has 2 N–H and O–H groups in total. The van der Waals surface area contributed by atoms with E-state index in [1.807, 2.05) is 73.0 Å². The van der Waals surface area contributed by atoms with Gasteiger partial charge in [0.05, 0.1) is 18.8 Å². The number of benzene rings is 3. The normalized spacial score (nSPS) is 13.9. The molecule has 0 radical (unpaired) electrons. The van der Waals surface area contributed by atoms with Gasteiger partial charge in [0.1, 0.15) is 23.3 Å². The predicted molar refractivity (Wildman–Crippen MR) is 136 cm³/mol. The highest BCUT2D eigenvalue weighted by molar-refractivity contribution is 5.57. The Morgan fingerprint density at radius 1 is 0.972 bits per heavy atom. The molecule has 1 aromatic heterocycles. The quantitative estimate of drug-likeness (QED) is 0.309. The lowest BCUT2D eigenvalue weighted by Crippen LogP contribution is -2.30. The number of rotatable bonds is 8. The van der Waals surface area contributed by atoms with Crippen LogP contribution in [0.1, 0.15) is 42.0 Å². The summed E-state index contributed by atoms with van der Waals surface area (Å²) < 4.78 is 19.3.